The van der Waals surface area contributed by atoms with Crippen molar-refractivity contribution in [3.63, 3.8) is 0 Å². The second-order valence-corrected chi connectivity index (χ2v) is 5.91. The minimum atomic E-state index is 0.304. The smallest absolute Gasteiger partial charge is 0.146 e. The highest BCUT2D eigenvalue weighted by Crippen LogP contribution is 2.32. The van der Waals surface area contributed by atoms with Gasteiger partial charge in [-0.1, -0.05) is 6.07 Å². The zero-order chi connectivity index (χ0) is 13.8. The number of pyridine rings is 1. The lowest BCUT2D eigenvalue weighted by Crippen LogP contribution is -2.12. The first-order valence-electron chi connectivity index (χ1n) is 5.85. The molecule has 1 heterocycles. The highest BCUT2D eigenvalue weighted by molar-refractivity contribution is 9.10. The molecular weight excluding hydrogens is 372 g/mol. The van der Waals surface area contributed by atoms with Gasteiger partial charge in [0.1, 0.15) is 11.5 Å². The van der Waals surface area contributed by atoms with Crippen LogP contribution < -0.4 is 10.1 Å². The Morgan fingerprint density at radius 2 is 2.00 bits per heavy atom. The minimum absolute atomic E-state index is 0.304. The van der Waals surface area contributed by atoms with Gasteiger partial charge in [0, 0.05) is 16.7 Å². The van der Waals surface area contributed by atoms with Crippen LogP contribution in [0.4, 0.5) is 0 Å². The molecule has 5 heteroatoms. The maximum absolute atomic E-state index is 5.80. The maximum Gasteiger partial charge on any atom is 0.146 e. The minimum Gasteiger partial charge on any atom is -0.455 e. The fourth-order valence-electron chi connectivity index (χ4n) is 1.61. The largest absolute Gasteiger partial charge is 0.455 e. The van der Waals surface area contributed by atoms with E-state index < -0.39 is 0 Å². The van der Waals surface area contributed by atoms with Gasteiger partial charge in [0.25, 0.3) is 0 Å². The number of nitrogens with one attached hydrogen (secondary N) is 1. The quantitative estimate of drug-likeness (QED) is 0.829. The molecule has 0 aliphatic heterocycles. The van der Waals surface area contributed by atoms with E-state index in [1.165, 1.54) is 5.56 Å². The Labute approximate surface area is 129 Å². The molecule has 0 aliphatic carbocycles. The topological polar surface area (TPSA) is 34.1 Å². The first kappa shape index (κ1) is 14.5. The number of ether oxygens (including phenoxy) is 1. The highest BCUT2D eigenvalue weighted by Gasteiger charge is 2.08. The van der Waals surface area contributed by atoms with Crippen LogP contribution in [-0.4, -0.2) is 12.0 Å². The van der Waals surface area contributed by atoms with E-state index in [9.17, 15) is 0 Å². The summed E-state index contributed by atoms with van der Waals surface area (Å²) in [6.07, 6.45) is 3.40. The molecule has 0 amide bonds. The zero-order valence-electron chi connectivity index (χ0n) is 10.7. The van der Waals surface area contributed by atoms with Crippen molar-refractivity contribution in [1.29, 1.82) is 0 Å². The molecule has 100 valence electrons. The first-order chi connectivity index (χ1) is 9.10. The SMILES string of the molecule is CNC(C)c1ccc(Oc2cncc(Br)c2)c(Br)c1. The average molecular weight is 386 g/mol. The molecule has 0 spiro atoms. The molecule has 19 heavy (non-hydrogen) atoms. The molecule has 0 saturated carbocycles. The van der Waals surface area contributed by atoms with Gasteiger partial charge < -0.3 is 10.1 Å². The number of benzene rings is 1. The summed E-state index contributed by atoms with van der Waals surface area (Å²) in [5, 5.41) is 3.21. The Morgan fingerprint density at radius 3 is 2.63 bits per heavy atom. The molecule has 2 aromatic rings. The number of halogens is 2. The molecular formula is C14H14Br2N2O. The summed E-state index contributed by atoms with van der Waals surface area (Å²) in [6.45, 7) is 2.11. The fourth-order valence-corrected chi connectivity index (χ4v) is 2.43. The van der Waals surface area contributed by atoms with Gasteiger partial charge in [0.15, 0.2) is 0 Å². The van der Waals surface area contributed by atoms with E-state index in [0.29, 0.717) is 11.8 Å². The summed E-state index contributed by atoms with van der Waals surface area (Å²) in [7, 11) is 1.94. The number of nitrogens with zero attached hydrogens (tertiary/aromatic N) is 1. The van der Waals surface area contributed by atoms with Crippen molar-refractivity contribution in [2.24, 2.45) is 0 Å². The standard InChI is InChI=1S/C14H14Br2N2O/c1-9(17-2)10-3-4-14(13(16)5-10)19-12-6-11(15)7-18-8-12/h3-9,17H,1-2H3. The number of hydrogen-bond acceptors (Lipinski definition) is 3. The molecule has 0 radical (unpaired) electrons. The van der Waals surface area contributed by atoms with Gasteiger partial charge in [0.05, 0.1) is 10.7 Å². The summed E-state index contributed by atoms with van der Waals surface area (Å²) < 4.78 is 7.61. The van der Waals surface area contributed by atoms with E-state index in [1.54, 1.807) is 12.4 Å². The van der Waals surface area contributed by atoms with E-state index in [4.69, 9.17) is 4.74 Å². The summed E-state index contributed by atoms with van der Waals surface area (Å²) in [5.41, 5.74) is 1.20. The third-order valence-corrected chi connectivity index (χ3v) is 3.85. The monoisotopic (exact) mass is 384 g/mol. The van der Waals surface area contributed by atoms with Gasteiger partial charge in [0.2, 0.25) is 0 Å². The van der Waals surface area contributed by atoms with Crippen LogP contribution >= 0.6 is 31.9 Å². The van der Waals surface area contributed by atoms with Crippen LogP contribution in [0.1, 0.15) is 18.5 Å². The lowest BCUT2D eigenvalue weighted by molar-refractivity contribution is 0.476. The average Bonchev–Trinajstić information content (AvgIpc) is 2.40. The first-order valence-corrected chi connectivity index (χ1v) is 7.44. The molecule has 1 aromatic carbocycles. The van der Waals surface area contributed by atoms with E-state index >= 15 is 0 Å². The van der Waals surface area contributed by atoms with Gasteiger partial charge in [-0.3, -0.25) is 4.98 Å². The van der Waals surface area contributed by atoms with E-state index in [0.717, 1.165) is 14.7 Å². The van der Waals surface area contributed by atoms with Crippen LogP contribution in [0.2, 0.25) is 0 Å². The van der Waals surface area contributed by atoms with Crippen LogP contribution in [0.25, 0.3) is 0 Å². The Bertz CT molecular complexity index is 575. The van der Waals surface area contributed by atoms with Gasteiger partial charge in [-0.15, -0.1) is 0 Å². The fraction of sp³-hybridized carbons (Fsp3) is 0.214. The number of rotatable bonds is 4. The van der Waals surface area contributed by atoms with Crippen LogP contribution in [-0.2, 0) is 0 Å². The molecule has 1 aromatic heterocycles. The van der Waals surface area contributed by atoms with Crippen LogP contribution in [0, 0.1) is 0 Å². The second-order valence-electron chi connectivity index (χ2n) is 4.14. The molecule has 0 saturated heterocycles. The number of aromatic nitrogens is 1. The summed E-state index contributed by atoms with van der Waals surface area (Å²) in [6, 6.07) is 8.24. The second kappa shape index (κ2) is 6.50. The van der Waals surface area contributed by atoms with Crippen LogP contribution in [0.15, 0.2) is 45.6 Å². The lowest BCUT2D eigenvalue weighted by Gasteiger charge is -2.13. The van der Waals surface area contributed by atoms with Crippen molar-refractivity contribution >= 4 is 31.9 Å². The Hall–Kier alpha value is -0.910. The molecule has 1 atom stereocenters. The summed E-state index contributed by atoms with van der Waals surface area (Å²) >= 11 is 6.91. The van der Waals surface area contributed by atoms with E-state index in [2.05, 4.69) is 55.2 Å². The molecule has 3 nitrogen and oxygen atoms in total. The number of hydrogen-bond donors (Lipinski definition) is 1. The Morgan fingerprint density at radius 1 is 1.21 bits per heavy atom. The van der Waals surface area contributed by atoms with Crippen molar-refractivity contribution in [2.45, 2.75) is 13.0 Å². The lowest BCUT2D eigenvalue weighted by atomic mass is 10.1. The van der Waals surface area contributed by atoms with Gasteiger partial charge in [-0.05, 0) is 69.6 Å². The third-order valence-electron chi connectivity index (χ3n) is 2.80. The molecule has 2 rings (SSSR count). The van der Waals surface area contributed by atoms with E-state index in [-0.39, 0.29) is 0 Å². The van der Waals surface area contributed by atoms with Crippen molar-refractivity contribution in [2.75, 3.05) is 7.05 Å². The predicted molar refractivity (Wildman–Crippen MR) is 83.6 cm³/mol. The van der Waals surface area contributed by atoms with Crippen molar-refractivity contribution in [3.8, 4) is 11.5 Å². The summed E-state index contributed by atoms with van der Waals surface area (Å²) in [5.74, 6) is 1.47. The van der Waals surface area contributed by atoms with Crippen molar-refractivity contribution in [1.82, 2.24) is 10.3 Å². The van der Waals surface area contributed by atoms with Crippen LogP contribution in [0.5, 0.6) is 11.5 Å². The molecule has 0 aliphatic rings. The highest BCUT2D eigenvalue weighted by atomic mass is 79.9. The Kier molecular flexibility index (Phi) is 4.96. The van der Waals surface area contributed by atoms with Crippen molar-refractivity contribution in [3.05, 3.63) is 51.2 Å². The van der Waals surface area contributed by atoms with Gasteiger partial charge in [-0.25, -0.2) is 0 Å². The maximum atomic E-state index is 5.80. The third kappa shape index (κ3) is 3.78. The normalized spacial score (nSPS) is 12.2. The molecule has 0 bridgehead atoms. The van der Waals surface area contributed by atoms with E-state index in [1.807, 2.05) is 25.2 Å². The van der Waals surface area contributed by atoms with Crippen LogP contribution in [0.3, 0.4) is 0 Å². The molecule has 1 N–H and O–H groups in total. The van der Waals surface area contributed by atoms with Crippen molar-refractivity contribution < 1.29 is 4.74 Å². The summed E-state index contributed by atoms with van der Waals surface area (Å²) in [4.78, 5) is 4.07. The molecule has 0 fully saturated rings. The van der Waals surface area contributed by atoms with Gasteiger partial charge in [-0.2, -0.15) is 0 Å². The zero-order valence-corrected chi connectivity index (χ0v) is 13.8. The molecule has 1 unspecified atom stereocenters. The van der Waals surface area contributed by atoms with Gasteiger partial charge >= 0.3 is 0 Å². The predicted octanol–water partition coefficient (Wildman–Crippen LogP) is 4.68. The Balaban J connectivity index is 2.22.